The summed E-state index contributed by atoms with van der Waals surface area (Å²) < 4.78 is 10.7. The molecule has 0 aliphatic carbocycles. The molecular formula is C21H24N4O5. The zero-order chi connectivity index (χ0) is 21.3. The normalized spacial score (nSPS) is 12.2. The van der Waals surface area contributed by atoms with E-state index in [2.05, 4.69) is 21.6 Å². The quantitative estimate of drug-likeness (QED) is 0.272. The molecule has 0 saturated carbocycles. The van der Waals surface area contributed by atoms with E-state index in [1.807, 2.05) is 12.1 Å². The fourth-order valence-corrected chi connectivity index (χ4v) is 3.04. The van der Waals surface area contributed by atoms with Crippen LogP contribution in [0.2, 0.25) is 0 Å². The molecule has 3 aromatic rings. The Bertz CT molecular complexity index is 954. The van der Waals surface area contributed by atoms with Crippen molar-refractivity contribution in [1.29, 1.82) is 0 Å². The van der Waals surface area contributed by atoms with Crippen molar-refractivity contribution in [3.8, 4) is 11.4 Å². The van der Waals surface area contributed by atoms with Crippen LogP contribution in [0.25, 0.3) is 11.4 Å². The zero-order valence-electron chi connectivity index (χ0n) is 16.5. The second-order valence-electron chi connectivity index (χ2n) is 6.90. The van der Waals surface area contributed by atoms with Crippen LogP contribution in [0, 0.1) is 10.1 Å². The highest BCUT2D eigenvalue weighted by molar-refractivity contribution is 5.58. The van der Waals surface area contributed by atoms with Crippen molar-refractivity contribution < 1.29 is 19.0 Å². The Hall–Kier alpha value is -3.30. The Kier molecular flexibility index (Phi) is 7.47. The highest BCUT2D eigenvalue weighted by atomic mass is 16.6. The van der Waals surface area contributed by atoms with E-state index in [0.29, 0.717) is 49.8 Å². The molecule has 0 aliphatic heterocycles. The summed E-state index contributed by atoms with van der Waals surface area (Å²) in [6.07, 6.45) is 4.76. The van der Waals surface area contributed by atoms with Crippen molar-refractivity contribution in [3.05, 3.63) is 77.1 Å². The number of nitro benzene ring substituents is 1. The van der Waals surface area contributed by atoms with Crippen LogP contribution in [0.1, 0.15) is 24.5 Å². The van der Waals surface area contributed by atoms with E-state index < -0.39 is 11.0 Å². The smallest absolute Gasteiger partial charge is 0.270 e. The van der Waals surface area contributed by atoms with Gasteiger partial charge in [0.15, 0.2) is 0 Å². The van der Waals surface area contributed by atoms with Gasteiger partial charge in [-0.15, -0.1) is 6.58 Å². The third-order valence-electron chi connectivity index (χ3n) is 4.56. The molecule has 0 spiro atoms. The SMILES string of the molecule is C=CCCC(O)CN(CCc1nc(-c2cccc([N+](=O)[O-])c2)no1)Cc1ccco1. The summed E-state index contributed by atoms with van der Waals surface area (Å²) in [5, 5.41) is 25.2. The number of allylic oxidation sites excluding steroid dienone is 1. The molecule has 3 rings (SSSR count). The molecular weight excluding hydrogens is 388 g/mol. The molecule has 1 aromatic carbocycles. The van der Waals surface area contributed by atoms with E-state index in [0.717, 1.165) is 12.2 Å². The average molecular weight is 412 g/mol. The lowest BCUT2D eigenvalue weighted by molar-refractivity contribution is -0.384. The first kappa shape index (κ1) is 21.4. The van der Waals surface area contributed by atoms with E-state index in [1.54, 1.807) is 24.5 Å². The van der Waals surface area contributed by atoms with Gasteiger partial charge in [0, 0.05) is 37.2 Å². The number of aromatic nitrogens is 2. The molecule has 9 nitrogen and oxygen atoms in total. The Morgan fingerprint density at radius 1 is 1.33 bits per heavy atom. The Morgan fingerprint density at radius 3 is 2.93 bits per heavy atom. The van der Waals surface area contributed by atoms with Gasteiger partial charge in [-0.3, -0.25) is 15.0 Å². The summed E-state index contributed by atoms with van der Waals surface area (Å²) in [5.74, 6) is 1.52. The monoisotopic (exact) mass is 412 g/mol. The summed E-state index contributed by atoms with van der Waals surface area (Å²) in [6, 6.07) is 9.81. The van der Waals surface area contributed by atoms with Crippen LogP contribution in [0.15, 0.2) is 64.3 Å². The van der Waals surface area contributed by atoms with Crippen LogP contribution >= 0.6 is 0 Å². The van der Waals surface area contributed by atoms with Crippen LogP contribution in [0.5, 0.6) is 0 Å². The van der Waals surface area contributed by atoms with Gasteiger partial charge in [0.2, 0.25) is 11.7 Å². The maximum Gasteiger partial charge on any atom is 0.270 e. The predicted molar refractivity (Wildman–Crippen MR) is 110 cm³/mol. The molecule has 158 valence electrons. The lowest BCUT2D eigenvalue weighted by Crippen LogP contribution is -2.33. The summed E-state index contributed by atoms with van der Waals surface area (Å²) in [4.78, 5) is 16.9. The van der Waals surface area contributed by atoms with Gasteiger partial charge in [0.1, 0.15) is 5.76 Å². The van der Waals surface area contributed by atoms with Crippen LogP contribution in [0.3, 0.4) is 0 Å². The number of non-ortho nitro benzene ring substituents is 1. The first-order valence-electron chi connectivity index (χ1n) is 9.66. The van der Waals surface area contributed by atoms with E-state index in [9.17, 15) is 15.2 Å². The van der Waals surface area contributed by atoms with Crippen LogP contribution in [-0.4, -0.2) is 44.3 Å². The van der Waals surface area contributed by atoms with E-state index >= 15 is 0 Å². The molecule has 0 saturated heterocycles. The number of rotatable bonds is 12. The number of nitro groups is 1. The second kappa shape index (κ2) is 10.5. The van der Waals surface area contributed by atoms with Crippen molar-refractivity contribution in [2.45, 2.75) is 31.9 Å². The molecule has 0 aliphatic rings. The largest absolute Gasteiger partial charge is 0.468 e. The number of furan rings is 1. The molecule has 0 fully saturated rings. The van der Waals surface area contributed by atoms with Crippen LogP contribution < -0.4 is 0 Å². The zero-order valence-corrected chi connectivity index (χ0v) is 16.5. The number of benzene rings is 1. The number of aliphatic hydroxyl groups is 1. The maximum absolute atomic E-state index is 11.0. The topological polar surface area (TPSA) is 119 Å². The van der Waals surface area contributed by atoms with Gasteiger partial charge >= 0.3 is 0 Å². The third-order valence-corrected chi connectivity index (χ3v) is 4.56. The summed E-state index contributed by atoms with van der Waals surface area (Å²) >= 11 is 0. The maximum atomic E-state index is 11.0. The molecule has 1 N–H and O–H groups in total. The molecule has 0 bridgehead atoms. The van der Waals surface area contributed by atoms with Crippen LogP contribution in [-0.2, 0) is 13.0 Å². The van der Waals surface area contributed by atoms with Gasteiger partial charge < -0.3 is 14.0 Å². The first-order valence-corrected chi connectivity index (χ1v) is 9.66. The van der Waals surface area contributed by atoms with Gasteiger partial charge in [-0.1, -0.05) is 23.4 Å². The van der Waals surface area contributed by atoms with Crippen molar-refractivity contribution in [2.75, 3.05) is 13.1 Å². The number of hydrogen-bond acceptors (Lipinski definition) is 8. The van der Waals surface area contributed by atoms with E-state index in [-0.39, 0.29) is 5.69 Å². The number of hydrogen-bond donors (Lipinski definition) is 1. The van der Waals surface area contributed by atoms with Crippen molar-refractivity contribution in [2.24, 2.45) is 0 Å². The lowest BCUT2D eigenvalue weighted by atomic mass is 10.1. The molecule has 0 amide bonds. The molecule has 1 atom stereocenters. The summed E-state index contributed by atoms with van der Waals surface area (Å²) in [5.41, 5.74) is 0.489. The fraction of sp³-hybridized carbons (Fsp3) is 0.333. The lowest BCUT2D eigenvalue weighted by Gasteiger charge is -2.23. The number of nitrogens with zero attached hydrogens (tertiary/aromatic N) is 4. The number of aliphatic hydroxyl groups excluding tert-OH is 1. The molecule has 30 heavy (non-hydrogen) atoms. The van der Waals surface area contributed by atoms with Crippen LogP contribution in [0.4, 0.5) is 5.69 Å². The van der Waals surface area contributed by atoms with Crippen molar-refractivity contribution in [1.82, 2.24) is 15.0 Å². The third kappa shape index (κ3) is 6.10. The molecule has 1 unspecified atom stereocenters. The van der Waals surface area contributed by atoms with Gasteiger partial charge in [0.25, 0.3) is 5.69 Å². The minimum atomic E-state index is -0.485. The first-order chi connectivity index (χ1) is 14.5. The van der Waals surface area contributed by atoms with Gasteiger partial charge in [0.05, 0.1) is 23.8 Å². The molecule has 0 radical (unpaired) electrons. The standard InChI is InChI=1S/C21H24N4O5/c1-2-3-8-18(26)14-24(15-19-9-5-12-29-19)11-10-20-22-21(23-30-20)16-6-4-7-17(13-16)25(27)28/h2,4-7,9,12-13,18,26H,1,3,8,10-11,14-15H2. The fourth-order valence-electron chi connectivity index (χ4n) is 3.04. The minimum Gasteiger partial charge on any atom is -0.468 e. The molecule has 9 heteroatoms. The minimum absolute atomic E-state index is 0.0306. The molecule has 2 aromatic heterocycles. The van der Waals surface area contributed by atoms with Gasteiger partial charge in [-0.2, -0.15) is 4.98 Å². The van der Waals surface area contributed by atoms with Gasteiger partial charge in [-0.05, 0) is 25.0 Å². The van der Waals surface area contributed by atoms with Crippen molar-refractivity contribution in [3.63, 3.8) is 0 Å². The van der Waals surface area contributed by atoms with Gasteiger partial charge in [-0.25, -0.2) is 0 Å². The summed E-state index contributed by atoms with van der Waals surface area (Å²) in [7, 11) is 0. The average Bonchev–Trinajstić information content (AvgIpc) is 3.42. The van der Waals surface area contributed by atoms with E-state index in [1.165, 1.54) is 12.1 Å². The molecule has 2 heterocycles. The highest BCUT2D eigenvalue weighted by Gasteiger charge is 2.16. The highest BCUT2D eigenvalue weighted by Crippen LogP contribution is 2.21. The Labute approximate surface area is 173 Å². The van der Waals surface area contributed by atoms with Crippen molar-refractivity contribution >= 4 is 5.69 Å². The second-order valence-corrected chi connectivity index (χ2v) is 6.90. The van der Waals surface area contributed by atoms with E-state index in [4.69, 9.17) is 8.94 Å². The Morgan fingerprint density at radius 2 is 2.20 bits per heavy atom. The summed E-state index contributed by atoms with van der Waals surface area (Å²) in [6.45, 7) is 5.28. The predicted octanol–water partition coefficient (Wildman–Crippen LogP) is 3.61. The Balaban J connectivity index is 1.64.